The van der Waals surface area contributed by atoms with E-state index in [0.717, 1.165) is 0 Å². The van der Waals surface area contributed by atoms with Gasteiger partial charge in [-0.1, -0.05) is 20.8 Å². The molecular weight excluding hydrogens is 552 g/mol. The van der Waals surface area contributed by atoms with Gasteiger partial charge in [0.1, 0.15) is 12.1 Å². The first-order chi connectivity index (χ1) is 19.0. The van der Waals surface area contributed by atoms with E-state index in [1.165, 1.54) is 6.92 Å². The Morgan fingerprint density at radius 3 is 1.39 bits per heavy atom. The predicted molar refractivity (Wildman–Crippen MR) is 137 cm³/mol. The van der Waals surface area contributed by atoms with E-state index in [9.17, 15) is 43.2 Å². The average molecular weight is 589 g/mol. The lowest BCUT2D eigenvalue weighted by Gasteiger charge is -2.23. The second kappa shape index (κ2) is 18.6. The van der Waals surface area contributed by atoms with Crippen LogP contribution in [0.4, 0.5) is 0 Å². The van der Waals surface area contributed by atoms with Crippen LogP contribution >= 0.6 is 0 Å². The van der Waals surface area contributed by atoms with Crippen molar-refractivity contribution in [2.75, 3.05) is 19.6 Å². The van der Waals surface area contributed by atoms with Crippen LogP contribution < -0.4 is 31.9 Å². The lowest BCUT2D eigenvalue weighted by atomic mass is 10.1. The molecule has 18 nitrogen and oxygen atoms in total. The smallest absolute Gasteiger partial charge is 0.305 e. The van der Waals surface area contributed by atoms with Gasteiger partial charge in [0.15, 0.2) is 5.78 Å². The van der Waals surface area contributed by atoms with Gasteiger partial charge in [0, 0.05) is 12.5 Å². The summed E-state index contributed by atoms with van der Waals surface area (Å²) >= 11 is 0. The fourth-order valence-corrected chi connectivity index (χ4v) is 3.00. The number of carbonyl (C=O) groups excluding carboxylic acids is 6. The van der Waals surface area contributed by atoms with Crippen LogP contribution in [0.3, 0.4) is 0 Å². The van der Waals surface area contributed by atoms with E-state index in [1.54, 1.807) is 0 Å². The minimum atomic E-state index is -1.87. The Hall–Kier alpha value is -4.61. The van der Waals surface area contributed by atoms with Crippen molar-refractivity contribution in [2.45, 2.75) is 70.6 Å². The van der Waals surface area contributed by atoms with Crippen molar-refractivity contribution >= 4 is 53.2 Å². The number of aliphatic carboxylic acids is 3. The summed E-state index contributed by atoms with van der Waals surface area (Å²) in [5.41, 5.74) is 0. The molecule has 0 bridgehead atoms. The van der Waals surface area contributed by atoms with E-state index in [-0.39, 0.29) is 19.0 Å². The standard InChI is InChI=1S/C23H36N6O12/c1-4-15(30)12(5-19(34)35)28-23(41)14(7-21(38)39)29-22(40)13(6-20(36)37)27-18(33)10-26-17(32)9-25-16(31)8-24-11(2)3/h11-14,24H,4-10H2,1-3H3,(H,25,31)(H,26,32)(H,27,33)(H,28,41)(H,29,40)(H,34,35)(H,36,37)(H,38,39). The largest absolute Gasteiger partial charge is 0.481 e. The molecule has 0 radical (unpaired) electrons. The number of carbonyl (C=O) groups is 9. The molecule has 0 aliphatic rings. The number of nitrogens with one attached hydrogen (secondary N) is 6. The number of carboxylic acids is 3. The normalized spacial score (nSPS) is 12.7. The summed E-state index contributed by atoms with van der Waals surface area (Å²) in [6.45, 7) is 3.78. The van der Waals surface area contributed by atoms with Gasteiger partial charge in [-0.3, -0.25) is 43.2 Å². The molecule has 41 heavy (non-hydrogen) atoms. The Morgan fingerprint density at radius 2 is 0.951 bits per heavy atom. The third kappa shape index (κ3) is 16.9. The highest BCUT2D eigenvalue weighted by Gasteiger charge is 2.32. The van der Waals surface area contributed by atoms with Crippen molar-refractivity contribution < 1.29 is 58.5 Å². The molecule has 0 aromatic rings. The van der Waals surface area contributed by atoms with Crippen LogP contribution in [0.1, 0.15) is 46.5 Å². The molecule has 0 saturated heterocycles. The number of amides is 5. The molecule has 5 amide bonds. The highest BCUT2D eigenvalue weighted by molar-refractivity contribution is 5.98. The van der Waals surface area contributed by atoms with Crippen LogP contribution in [0.2, 0.25) is 0 Å². The zero-order valence-corrected chi connectivity index (χ0v) is 22.8. The SMILES string of the molecule is CCC(=O)C(CC(=O)O)NC(=O)C(CC(=O)O)NC(=O)C(CC(=O)O)NC(=O)CNC(=O)CNC(=O)CNC(C)C. The molecule has 0 saturated carbocycles. The van der Waals surface area contributed by atoms with Gasteiger partial charge in [-0.2, -0.15) is 0 Å². The topological polar surface area (TPSA) is 286 Å². The summed E-state index contributed by atoms with van der Waals surface area (Å²) in [4.78, 5) is 107. The molecule has 0 aromatic heterocycles. The van der Waals surface area contributed by atoms with Gasteiger partial charge >= 0.3 is 17.9 Å². The molecule has 0 aliphatic carbocycles. The molecule has 0 heterocycles. The third-order valence-electron chi connectivity index (χ3n) is 5.04. The van der Waals surface area contributed by atoms with E-state index < -0.39 is 104 Å². The van der Waals surface area contributed by atoms with Crippen molar-refractivity contribution in [1.29, 1.82) is 0 Å². The highest BCUT2D eigenvalue weighted by atomic mass is 16.4. The van der Waals surface area contributed by atoms with Crippen molar-refractivity contribution in [1.82, 2.24) is 31.9 Å². The van der Waals surface area contributed by atoms with Crippen molar-refractivity contribution in [3.8, 4) is 0 Å². The van der Waals surface area contributed by atoms with Crippen LogP contribution in [0.25, 0.3) is 0 Å². The maximum atomic E-state index is 12.7. The maximum absolute atomic E-state index is 12.7. The Morgan fingerprint density at radius 1 is 0.561 bits per heavy atom. The predicted octanol–water partition coefficient (Wildman–Crippen LogP) is -3.93. The molecule has 0 aromatic carbocycles. The minimum absolute atomic E-state index is 0.0297. The number of carboxylic acid groups (broad SMARTS) is 3. The van der Waals surface area contributed by atoms with Gasteiger partial charge in [-0.05, 0) is 0 Å². The van der Waals surface area contributed by atoms with Crippen molar-refractivity contribution in [2.24, 2.45) is 0 Å². The highest BCUT2D eigenvalue weighted by Crippen LogP contribution is 2.03. The first-order valence-corrected chi connectivity index (χ1v) is 12.4. The Labute approximate surface area is 234 Å². The fourth-order valence-electron chi connectivity index (χ4n) is 3.00. The first-order valence-electron chi connectivity index (χ1n) is 12.4. The Bertz CT molecular complexity index is 1020. The van der Waals surface area contributed by atoms with E-state index in [2.05, 4.69) is 21.3 Å². The van der Waals surface area contributed by atoms with Gasteiger partial charge in [0.25, 0.3) is 0 Å². The zero-order valence-electron chi connectivity index (χ0n) is 22.8. The lowest BCUT2D eigenvalue weighted by Crippen LogP contribution is -2.57. The van der Waals surface area contributed by atoms with E-state index in [1.807, 2.05) is 24.5 Å². The van der Waals surface area contributed by atoms with Crippen LogP contribution in [-0.2, 0) is 43.2 Å². The Balaban J connectivity index is 5.30. The molecule has 0 spiro atoms. The van der Waals surface area contributed by atoms with Crippen LogP contribution in [0.5, 0.6) is 0 Å². The number of hydrogen-bond donors (Lipinski definition) is 9. The second-order valence-electron chi connectivity index (χ2n) is 8.94. The summed E-state index contributed by atoms with van der Waals surface area (Å²) in [5.74, 6) is -10.0. The van der Waals surface area contributed by atoms with E-state index in [0.29, 0.717) is 0 Å². The van der Waals surface area contributed by atoms with Gasteiger partial charge in [-0.25, -0.2) is 0 Å². The van der Waals surface area contributed by atoms with Gasteiger partial charge in [-0.15, -0.1) is 0 Å². The van der Waals surface area contributed by atoms with Crippen LogP contribution in [-0.4, -0.2) is 112 Å². The van der Waals surface area contributed by atoms with Crippen molar-refractivity contribution in [3.63, 3.8) is 0 Å². The molecule has 230 valence electrons. The summed E-state index contributed by atoms with van der Waals surface area (Å²) in [7, 11) is 0. The average Bonchev–Trinajstić information content (AvgIpc) is 2.86. The molecule has 0 aliphatic heterocycles. The summed E-state index contributed by atoms with van der Waals surface area (Å²) in [5, 5.41) is 40.6. The molecule has 0 rings (SSSR count). The summed E-state index contributed by atoms with van der Waals surface area (Å²) in [6.07, 6.45) is -2.99. The van der Waals surface area contributed by atoms with Crippen molar-refractivity contribution in [3.05, 3.63) is 0 Å². The molecule has 3 atom stereocenters. The van der Waals surface area contributed by atoms with E-state index in [4.69, 9.17) is 15.3 Å². The maximum Gasteiger partial charge on any atom is 0.305 e. The molecule has 18 heteroatoms. The van der Waals surface area contributed by atoms with Crippen LogP contribution in [0, 0.1) is 0 Å². The molecule has 3 unspecified atom stereocenters. The fraction of sp³-hybridized carbons (Fsp3) is 0.609. The number of ketones is 1. The Kier molecular flexibility index (Phi) is 16.5. The van der Waals surface area contributed by atoms with Gasteiger partial charge in [0.05, 0.1) is 44.9 Å². The molecule has 9 N–H and O–H groups in total. The molecule has 0 fully saturated rings. The number of hydrogen-bond acceptors (Lipinski definition) is 10. The zero-order chi connectivity index (χ0) is 31.7. The monoisotopic (exact) mass is 588 g/mol. The number of Topliss-reactive ketones (excluding diaryl/α,β-unsaturated/α-hetero) is 1. The second-order valence-corrected chi connectivity index (χ2v) is 8.94. The third-order valence-corrected chi connectivity index (χ3v) is 5.04. The quantitative estimate of drug-likeness (QED) is 0.0657. The summed E-state index contributed by atoms with van der Waals surface area (Å²) < 4.78 is 0. The lowest BCUT2D eigenvalue weighted by molar-refractivity contribution is -0.144. The number of rotatable bonds is 20. The first kappa shape index (κ1) is 36.4. The summed E-state index contributed by atoms with van der Waals surface area (Å²) in [6, 6.07) is -5.19. The van der Waals surface area contributed by atoms with E-state index >= 15 is 0 Å². The minimum Gasteiger partial charge on any atom is -0.481 e. The van der Waals surface area contributed by atoms with Gasteiger partial charge in [0.2, 0.25) is 29.5 Å². The van der Waals surface area contributed by atoms with Gasteiger partial charge < -0.3 is 47.2 Å². The van der Waals surface area contributed by atoms with Crippen LogP contribution in [0.15, 0.2) is 0 Å². The molecular formula is C23H36N6O12.